The van der Waals surface area contributed by atoms with Crippen molar-refractivity contribution < 1.29 is 0 Å². The molecule has 1 saturated heterocycles. The van der Waals surface area contributed by atoms with Gasteiger partial charge in [0.15, 0.2) is 0 Å². The summed E-state index contributed by atoms with van der Waals surface area (Å²) in [6.45, 7) is 6.62. The first kappa shape index (κ1) is 13.5. The third-order valence-electron chi connectivity index (χ3n) is 3.81. The molecule has 1 atom stereocenters. The average molecular weight is 262 g/mol. The summed E-state index contributed by atoms with van der Waals surface area (Å²) in [6, 6.07) is 8.63. The van der Waals surface area contributed by atoms with Crippen LogP contribution in [0.3, 0.4) is 0 Å². The second kappa shape index (κ2) is 5.81. The van der Waals surface area contributed by atoms with Gasteiger partial charge in [0.05, 0.1) is 11.0 Å². The SMILES string of the molecule is Cc1cccc(C(C(N)=S)N2CCC(C)CC2)c1. The highest BCUT2D eigenvalue weighted by Crippen LogP contribution is 2.27. The van der Waals surface area contributed by atoms with E-state index < -0.39 is 0 Å². The second-order valence-corrected chi connectivity index (χ2v) is 5.91. The fourth-order valence-electron chi connectivity index (χ4n) is 2.68. The molecule has 0 amide bonds. The number of nitrogens with two attached hydrogens (primary N) is 1. The molecule has 18 heavy (non-hydrogen) atoms. The third kappa shape index (κ3) is 3.09. The molecule has 1 aromatic carbocycles. The van der Waals surface area contributed by atoms with Gasteiger partial charge in [-0.05, 0) is 44.3 Å². The van der Waals surface area contributed by atoms with Crippen molar-refractivity contribution in [3.63, 3.8) is 0 Å². The summed E-state index contributed by atoms with van der Waals surface area (Å²) < 4.78 is 0. The Bertz CT molecular complexity index is 422. The predicted molar refractivity (Wildman–Crippen MR) is 80.7 cm³/mol. The van der Waals surface area contributed by atoms with Crippen LogP contribution >= 0.6 is 12.2 Å². The molecule has 2 rings (SSSR count). The number of hydrogen-bond donors (Lipinski definition) is 1. The van der Waals surface area contributed by atoms with Gasteiger partial charge in [-0.1, -0.05) is 49.0 Å². The summed E-state index contributed by atoms with van der Waals surface area (Å²) in [5.41, 5.74) is 8.47. The van der Waals surface area contributed by atoms with Crippen LogP contribution in [0.25, 0.3) is 0 Å². The molecule has 2 N–H and O–H groups in total. The largest absolute Gasteiger partial charge is 0.392 e. The van der Waals surface area contributed by atoms with E-state index in [4.69, 9.17) is 18.0 Å². The summed E-state index contributed by atoms with van der Waals surface area (Å²) in [7, 11) is 0. The van der Waals surface area contributed by atoms with Crippen molar-refractivity contribution in [2.24, 2.45) is 11.7 Å². The minimum absolute atomic E-state index is 0.104. The quantitative estimate of drug-likeness (QED) is 0.849. The fourth-order valence-corrected chi connectivity index (χ4v) is 2.97. The summed E-state index contributed by atoms with van der Waals surface area (Å²) in [5, 5.41) is 0. The molecule has 0 bridgehead atoms. The Balaban J connectivity index is 2.21. The summed E-state index contributed by atoms with van der Waals surface area (Å²) in [4.78, 5) is 3.02. The van der Waals surface area contributed by atoms with Crippen LogP contribution in [0.15, 0.2) is 24.3 Å². The summed E-state index contributed by atoms with van der Waals surface area (Å²) in [5.74, 6) is 0.825. The van der Waals surface area contributed by atoms with E-state index in [0.29, 0.717) is 4.99 Å². The molecule has 1 aromatic rings. The van der Waals surface area contributed by atoms with E-state index in [1.54, 1.807) is 0 Å². The molecular weight excluding hydrogens is 240 g/mol. The molecule has 1 aliphatic rings. The number of benzene rings is 1. The van der Waals surface area contributed by atoms with E-state index >= 15 is 0 Å². The molecule has 3 heteroatoms. The van der Waals surface area contributed by atoms with Crippen molar-refractivity contribution in [3.05, 3.63) is 35.4 Å². The molecule has 0 radical (unpaired) electrons. The molecule has 1 fully saturated rings. The molecule has 0 aliphatic carbocycles. The van der Waals surface area contributed by atoms with Gasteiger partial charge in [-0.15, -0.1) is 0 Å². The Kier molecular flexibility index (Phi) is 4.36. The Morgan fingerprint density at radius 1 is 1.39 bits per heavy atom. The van der Waals surface area contributed by atoms with Crippen molar-refractivity contribution in [2.45, 2.75) is 32.7 Å². The van der Waals surface area contributed by atoms with Gasteiger partial charge in [-0.3, -0.25) is 4.90 Å². The molecule has 1 unspecified atom stereocenters. The van der Waals surface area contributed by atoms with E-state index in [1.807, 2.05) is 0 Å². The van der Waals surface area contributed by atoms with Gasteiger partial charge in [0.1, 0.15) is 0 Å². The van der Waals surface area contributed by atoms with E-state index in [9.17, 15) is 0 Å². The van der Waals surface area contributed by atoms with E-state index in [0.717, 1.165) is 19.0 Å². The van der Waals surface area contributed by atoms with Crippen molar-refractivity contribution in [3.8, 4) is 0 Å². The normalized spacial score (nSPS) is 19.7. The van der Waals surface area contributed by atoms with Crippen molar-refractivity contribution in [1.29, 1.82) is 0 Å². The topological polar surface area (TPSA) is 29.3 Å². The van der Waals surface area contributed by atoms with Crippen LogP contribution in [0.2, 0.25) is 0 Å². The molecule has 0 spiro atoms. The Hall–Kier alpha value is -0.930. The van der Waals surface area contributed by atoms with E-state index in [2.05, 4.69) is 43.0 Å². The number of hydrogen-bond acceptors (Lipinski definition) is 2. The van der Waals surface area contributed by atoms with Crippen LogP contribution in [0.5, 0.6) is 0 Å². The van der Waals surface area contributed by atoms with Crippen LogP contribution in [0, 0.1) is 12.8 Å². The molecule has 1 heterocycles. The Morgan fingerprint density at radius 2 is 2.06 bits per heavy atom. The van der Waals surface area contributed by atoms with Gasteiger partial charge in [0.2, 0.25) is 0 Å². The zero-order valence-electron chi connectivity index (χ0n) is 11.2. The van der Waals surface area contributed by atoms with Crippen LogP contribution in [0.1, 0.15) is 36.9 Å². The second-order valence-electron chi connectivity index (χ2n) is 5.44. The van der Waals surface area contributed by atoms with E-state index in [-0.39, 0.29) is 6.04 Å². The number of nitrogens with zero attached hydrogens (tertiary/aromatic N) is 1. The fraction of sp³-hybridized carbons (Fsp3) is 0.533. The van der Waals surface area contributed by atoms with Crippen molar-refractivity contribution in [1.82, 2.24) is 4.90 Å². The predicted octanol–water partition coefficient (Wildman–Crippen LogP) is 3.05. The Morgan fingerprint density at radius 3 is 2.61 bits per heavy atom. The van der Waals surface area contributed by atoms with Crippen molar-refractivity contribution in [2.75, 3.05) is 13.1 Å². The van der Waals surface area contributed by atoms with Crippen LogP contribution in [0.4, 0.5) is 0 Å². The lowest BCUT2D eigenvalue weighted by atomic mass is 9.95. The maximum absolute atomic E-state index is 5.97. The smallest absolute Gasteiger partial charge is 0.0948 e. The van der Waals surface area contributed by atoms with Crippen LogP contribution in [-0.2, 0) is 0 Å². The van der Waals surface area contributed by atoms with Gasteiger partial charge in [0.25, 0.3) is 0 Å². The monoisotopic (exact) mass is 262 g/mol. The number of thiocarbonyl (C=S) groups is 1. The minimum atomic E-state index is 0.104. The van der Waals surface area contributed by atoms with Gasteiger partial charge in [-0.25, -0.2) is 0 Å². The first-order valence-corrected chi connectivity index (χ1v) is 7.08. The van der Waals surface area contributed by atoms with Gasteiger partial charge >= 0.3 is 0 Å². The highest BCUT2D eigenvalue weighted by molar-refractivity contribution is 7.80. The summed E-state index contributed by atoms with van der Waals surface area (Å²) in [6.07, 6.45) is 2.48. The van der Waals surface area contributed by atoms with Crippen LogP contribution in [-0.4, -0.2) is 23.0 Å². The molecule has 1 aliphatic heterocycles. The lowest BCUT2D eigenvalue weighted by Gasteiger charge is -2.36. The van der Waals surface area contributed by atoms with E-state index in [1.165, 1.54) is 24.0 Å². The molecule has 0 saturated carbocycles. The number of aryl methyl sites for hydroxylation is 1. The van der Waals surface area contributed by atoms with Gasteiger partial charge in [0, 0.05) is 0 Å². The minimum Gasteiger partial charge on any atom is -0.392 e. The highest BCUT2D eigenvalue weighted by Gasteiger charge is 2.26. The van der Waals surface area contributed by atoms with Gasteiger partial charge < -0.3 is 5.73 Å². The first-order chi connectivity index (χ1) is 8.58. The van der Waals surface area contributed by atoms with Crippen molar-refractivity contribution >= 4 is 17.2 Å². The first-order valence-electron chi connectivity index (χ1n) is 6.68. The number of likely N-dealkylation sites (tertiary alicyclic amines) is 1. The lowest BCUT2D eigenvalue weighted by molar-refractivity contribution is 0.171. The maximum atomic E-state index is 5.97. The zero-order valence-corrected chi connectivity index (χ0v) is 12.0. The molecular formula is C15H22N2S. The lowest BCUT2D eigenvalue weighted by Crippen LogP contribution is -2.41. The van der Waals surface area contributed by atoms with Crippen LogP contribution < -0.4 is 5.73 Å². The molecule has 98 valence electrons. The summed E-state index contributed by atoms with van der Waals surface area (Å²) >= 11 is 5.29. The van der Waals surface area contributed by atoms with Gasteiger partial charge in [-0.2, -0.15) is 0 Å². The Labute approximate surface area is 115 Å². The maximum Gasteiger partial charge on any atom is 0.0948 e. The third-order valence-corrected chi connectivity index (χ3v) is 4.03. The standard InChI is InChI=1S/C15H22N2S/c1-11-6-8-17(9-7-11)14(15(16)18)13-5-3-4-12(2)10-13/h3-5,10-11,14H,6-9H2,1-2H3,(H2,16,18). The molecule has 0 aromatic heterocycles. The molecule has 2 nitrogen and oxygen atoms in total. The zero-order chi connectivity index (χ0) is 13.1. The average Bonchev–Trinajstić information content (AvgIpc) is 2.32. The highest BCUT2D eigenvalue weighted by atomic mass is 32.1. The number of rotatable bonds is 3. The number of piperidine rings is 1.